The number of ether oxygens (including phenoxy) is 3. The van der Waals surface area contributed by atoms with Crippen LogP contribution >= 0.6 is 0 Å². The maximum absolute atomic E-state index is 6.98. The fraction of sp³-hybridized carbons (Fsp3) is 1.00. The van der Waals surface area contributed by atoms with E-state index in [2.05, 4.69) is 13.8 Å². The van der Waals surface area contributed by atoms with E-state index in [0.717, 1.165) is 13.2 Å². The standard InChI is InChI=1S/C40H78O3/c1-3-5-7-9-11-13-15-17-19-21-23-25-27-39(31-29-37-33-35-41-37)43-40(32-30-38-34-36-42-38)28-26-24-22-20-18-16-14-12-10-8-6-4-2/h37-40H,3-36H2,1-2H3. The van der Waals surface area contributed by atoms with Crippen LogP contribution in [0.15, 0.2) is 0 Å². The molecule has 2 rings (SSSR count). The van der Waals surface area contributed by atoms with E-state index in [0.29, 0.717) is 24.4 Å². The van der Waals surface area contributed by atoms with Crippen molar-refractivity contribution in [3.63, 3.8) is 0 Å². The van der Waals surface area contributed by atoms with E-state index in [4.69, 9.17) is 14.2 Å². The molecule has 0 spiro atoms. The highest BCUT2D eigenvalue weighted by Gasteiger charge is 2.24. The summed E-state index contributed by atoms with van der Waals surface area (Å²) in [6.07, 6.45) is 45.7. The maximum Gasteiger partial charge on any atom is 0.0598 e. The van der Waals surface area contributed by atoms with Gasteiger partial charge in [-0.15, -0.1) is 0 Å². The van der Waals surface area contributed by atoms with E-state index >= 15 is 0 Å². The molecule has 3 heteroatoms. The molecule has 0 aromatic heterocycles. The third kappa shape index (κ3) is 22.9. The zero-order valence-electron chi connectivity index (χ0n) is 29.6. The Hall–Kier alpha value is -0.120. The molecule has 256 valence electrons. The van der Waals surface area contributed by atoms with Crippen LogP contribution in [-0.4, -0.2) is 37.6 Å². The zero-order chi connectivity index (χ0) is 30.5. The second kappa shape index (κ2) is 29.3. The van der Waals surface area contributed by atoms with Crippen LogP contribution in [0.1, 0.15) is 219 Å². The lowest BCUT2D eigenvalue weighted by molar-refractivity contribution is -0.0860. The topological polar surface area (TPSA) is 27.7 Å². The van der Waals surface area contributed by atoms with Gasteiger partial charge in [-0.25, -0.2) is 0 Å². The van der Waals surface area contributed by atoms with Crippen molar-refractivity contribution in [1.82, 2.24) is 0 Å². The van der Waals surface area contributed by atoms with Crippen LogP contribution in [-0.2, 0) is 14.2 Å². The van der Waals surface area contributed by atoms with E-state index in [1.54, 1.807) is 0 Å². The Labute approximate surface area is 270 Å². The third-order valence-corrected chi connectivity index (χ3v) is 10.4. The first kappa shape index (κ1) is 39.1. The summed E-state index contributed by atoms with van der Waals surface area (Å²) in [6, 6.07) is 0. The molecule has 0 aromatic carbocycles. The van der Waals surface area contributed by atoms with Gasteiger partial charge in [0.05, 0.1) is 24.4 Å². The Bertz CT molecular complexity index is 510. The molecular weight excluding hydrogens is 528 g/mol. The molecule has 4 atom stereocenters. The van der Waals surface area contributed by atoms with Crippen molar-refractivity contribution < 1.29 is 14.2 Å². The molecule has 2 aliphatic heterocycles. The molecule has 0 amide bonds. The van der Waals surface area contributed by atoms with E-state index in [1.165, 1.54) is 205 Å². The average Bonchev–Trinajstić information content (AvgIpc) is 2.96. The minimum Gasteiger partial charge on any atom is -0.378 e. The summed E-state index contributed by atoms with van der Waals surface area (Å²) < 4.78 is 18.5. The largest absolute Gasteiger partial charge is 0.378 e. The molecule has 2 heterocycles. The van der Waals surface area contributed by atoms with Gasteiger partial charge >= 0.3 is 0 Å². The van der Waals surface area contributed by atoms with Crippen molar-refractivity contribution in [3.05, 3.63) is 0 Å². The van der Waals surface area contributed by atoms with Crippen LogP contribution in [0.3, 0.4) is 0 Å². The van der Waals surface area contributed by atoms with Crippen molar-refractivity contribution in [2.24, 2.45) is 0 Å². The van der Waals surface area contributed by atoms with Gasteiger partial charge in [-0.3, -0.25) is 0 Å². The molecule has 2 fully saturated rings. The summed E-state index contributed by atoms with van der Waals surface area (Å²) >= 11 is 0. The molecular formula is C40H78O3. The number of hydrogen-bond donors (Lipinski definition) is 0. The van der Waals surface area contributed by atoms with Crippen LogP contribution in [0.4, 0.5) is 0 Å². The number of unbranched alkanes of at least 4 members (excludes halogenated alkanes) is 22. The second-order valence-electron chi connectivity index (χ2n) is 14.5. The van der Waals surface area contributed by atoms with Gasteiger partial charge in [-0.1, -0.05) is 168 Å². The van der Waals surface area contributed by atoms with Crippen molar-refractivity contribution >= 4 is 0 Å². The fourth-order valence-corrected chi connectivity index (χ4v) is 7.03. The van der Waals surface area contributed by atoms with Crippen LogP contribution < -0.4 is 0 Å². The second-order valence-corrected chi connectivity index (χ2v) is 14.5. The minimum absolute atomic E-state index is 0.428. The maximum atomic E-state index is 6.98. The lowest BCUT2D eigenvalue weighted by Crippen LogP contribution is -2.31. The van der Waals surface area contributed by atoms with Gasteiger partial charge in [0.25, 0.3) is 0 Å². The summed E-state index contributed by atoms with van der Waals surface area (Å²) in [7, 11) is 0. The minimum atomic E-state index is 0.428. The van der Waals surface area contributed by atoms with Crippen molar-refractivity contribution in [1.29, 1.82) is 0 Å². The fourth-order valence-electron chi connectivity index (χ4n) is 7.03. The van der Waals surface area contributed by atoms with Gasteiger partial charge < -0.3 is 14.2 Å². The monoisotopic (exact) mass is 607 g/mol. The van der Waals surface area contributed by atoms with E-state index in [9.17, 15) is 0 Å². The SMILES string of the molecule is CCCCCCCCCCCCCCC(CCC1CCO1)OC(CCCCCCCCCCCCCC)CCC1CCO1. The first-order valence-electron chi connectivity index (χ1n) is 20.2. The first-order chi connectivity index (χ1) is 21.3. The van der Waals surface area contributed by atoms with E-state index < -0.39 is 0 Å². The molecule has 43 heavy (non-hydrogen) atoms. The predicted octanol–water partition coefficient (Wildman–Crippen LogP) is 13.1. The van der Waals surface area contributed by atoms with Crippen molar-refractivity contribution in [2.45, 2.75) is 244 Å². The molecule has 0 aliphatic carbocycles. The van der Waals surface area contributed by atoms with E-state index in [-0.39, 0.29) is 0 Å². The molecule has 4 unspecified atom stereocenters. The van der Waals surface area contributed by atoms with Gasteiger partial charge in [0.15, 0.2) is 0 Å². The third-order valence-electron chi connectivity index (χ3n) is 10.4. The summed E-state index contributed by atoms with van der Waals surface area (Å²) in [4.78, 5) is 0. The molecule has 0 aromatic rings. The van der Waals surface area contributed by atoms with E-state index in [1.807, 2.05) is 0 Å². The molecule has 3 nitrogen and oxygen atoms in total. The highest BCUT2D eigenvalue weighted by atomic mass is 16.5. The Kier molecular flexibility index (Phi) is 26.6. The van der Waals surface area contributed by atoms with Crippen molar-refractivity contribution in [2.75, 3.05) is 13.2 Å². The molecule has 0 radical (unpaired) electrons. The quantitative estimate of drug-likeness (QED) is 0.0682. The molecule has 0 bridgehead atoms. The van der Waals surface area contributed by atoms with Crippen molar-refractivity contribution in [3.8, 4) is 0 Å². The Balaban J connectivity index is 1.60. The molecule has 2 saturated heterocycles. The molecule has 2 aliphatic rings. The smallest absolute Gasteiger partial charge is 0.0598 e. The Morgan fingerprint density at radius 3 is 0.953 bits per heavy atom. The van der Waals surface area contributed by atoms with Crippen LogP contribution in [0, 0.1) is 0 Å². The Morgan fingerprint density at radius 1 is 0.419 bits per heavy atom. The number of rotatable bonds is 34. The van der Waals surface area contributed by atoms with Gasteiger partial charge in [-0.2, -0.15) is 0 Å². The van der Waals surface area contributed by atoms with Gasteiger partial charge in [0.1, 0.15) is 0 Å². The molecule has 0 N–H and O–H groups in total. The normalized spacial score (nSPS) is 19.7. The highest BCUT2D eigenvalue weighted by molar-refractivity contribution is 4.74. The summed E-state index contributed by atoms with van der Waals surface area (Å²) in [5, 5.41) is 0. The highest BCUT2D eigenvalue weighted by Crippen LogP contribution is 2.26. The zero-order valence-corrected chi connectivity index (χ0v) is 29.6. The molecule has 0 saturated carbocycles. The summed E-state index contributed by atoms with van der Waals surface area (Å²) in [5.41, 5.74) is 0. The number of hydrogen-bond acceptors (Lipinski definition) is 3. The van der Waals surface area contributed by atoms with Crippen LogP contribution in [0.5, 0.6) is 0 Å². The van der Waals surface area contributed by atoms with Gasteiger partial charge in [0.2, 0.25) is 0 Å². The van der Waals surface area contributed by atoms with Crippen LogP contribution in [0.25, 0.3) is 0 Å². The van der Waals surface area contributed by atoms with Gasteiger partial charge in [0, 0.05) is 13.2 Å². The Morgan fingerprint density at radius 2 is 0.698 bits per heavy atom. The average molecular weight is 607 g/mol. The van der Waals surface area contributed by atoms with Gasteiger partial charge in [-0.05, 0) is 51.4 Å². The predicted molar refractivity (Wildman–Crippen MR) is 187 cm³/mol. The van der Waals surface area contributed by atoms with Crippen LogP contribution in [0.2, 0.25) is 0 Å². The lowest BCUT2D eigenvalue weighted by atomic mass is 9.97. The lowest BCUT2D eigenvalue weighted by Gasteiger charge is -2.32. The summed E-state index contributed by atoms with van der Waals surface area (Å²) in [6.45, 7) is 6.55. The summed E-state index contributed by atoms with van der Waals surface area (Å²) in [5.74, 6) is 0. The first-order valence-corrected chi connectivity index (χ1v) is 20.2.